The number of aromatic nitrogens is 3. The highest BCUT2D eigenvalue weighted by Gasteiger charge is 2.14. The highest BCUT2D eigenvalue weighted by Crippen LogP contribution is 2.24. The van der Waals surface area contributed by atoms with Gasteiger partial charge in [-0.1, -0.05) is 13.8 Å². The van der Waals surface area contributed by atoms with Crippen molar-refractivity contribution >= 4 is 16.5 Å². The predicted molar refractivity (Wildman–Crippen MR) is 82.4 cm³/mol. The van der Waals surface area contributed by atoms with Crippen molar-refractivity contribution in [2.24, 2.45) is 5.92 Å². The zero-order valence-corrected chi connectivity index (χ0v) is 13.3. The van der Waals surface area contributed by atoms with Crippen molar-refractivity contribution in [2.75, 3.05) is 12.8 Å². The molecule has 0 saturated heterocycles. The van der Waals surface area contributed by atoms with Crippen LogP contribution in [-0.4, -0.2) is 26.1 Å². The molecule has 0 aliphatic heterocycles. The van der Waals surface area contributed by atoms with E-state index in [2.05, 4.69) is 23.9 Å². The predicted octanol–water partition coefficient (Wildman–Crippen LogP) is 1.83. The van der Waals surface area contributed by atoms with Crippen molar-refractivity contribution in [3.8, 4) is 5.75 Å². The van der Waals surface area contributed by atoms with Gasteiger partial charge in [-0.3, -0.25) is 4.21 Å². The number of ether oxygens (including phenoxy) is 1. The van der Waals surface area contributed by atoms with E-state index in [-0.39, 0.29) is 5.75 Å². The fraction of sp³-hybridized carbons (Fsp3) is 0.429. The van der Waals surface area contributed by atoms with E-state index < -0.39 is 10.8 Å². The van der Waals surface area contributed by atoms with Gasteiger partial charge in [-0.25, -0.2) is 9.67 Å². The molecular formula is C14H20N4O2S. The maximum Gasteiger partial charge on any atom is 0.139 e. The summed E-state index contributed by atoms with van der Waals surface area (Å²) in [6.07, 6.45) is 1.49. The van der Waals surface area contributed by atoms with Crippen molar-refractivity contribution in [3.63, 3.8) is 0 Å². The van der Waals surface area contributed by atoms with Crippen LogP contribution in [-0.2, 0) is 23.1 Å². The Labute approximate surface area is 126 Å². The molecule has 1 aromatic heterocycles. The Bertz CT molecular complexity index is 640. The fourth-order valence-corrected chi connectivity index (χ4v) is 3.12. The Balaban J connectivity index is 2.20. The molecule has 0 bridgehead atoms. The summed E-state index contributed by atoms with van der Waals surface area (Å²) in [6.45, 7) is 4.95. The molecule has 0 aliphatic rings. The molecular weight excluding hydrogens is 288 g/mol. The van der Waals surface area contributed by atoms with Crippen LogP contribution in [0.25, 0.3) is 0 Å². The summed E-state index contributed by atoms with van der Waals surface area (Å²) in [7, 11) is 0.277. The van der Waals surface area contributed by atoms with E-state index in [1.165, 1.54) is 6.33 Å². The SMILES string of the molecule is COc1ccc(N)c(S(=O)Cc2ncnn2CC(C)C)c1. The normalized spacial score (nSPS) is 12.6. The van der Waals surface area contributed by atoms with Crippen LogP contribution in [0, 0.1) is 5.92 Å². The van der Waals surface area contributed by atoms with Gasteiger partial charge in [-0.05, 0) is 24.1 Å². The first-order chi connectivity index (χ1) is 10.0. The van der Waals surface area contributed by atoms with E-state index in [1.807, 2.05) is 0 Å². The highest BCUT2D eigenvalue weighted by molar-refractivity contribution is 7.84. The van der Waals surface area contributed by atoms with E-state index in [1.54, 1.807) is 30.0 Å². The van der Waals surface area contributed by atoms with Crippen LogP contribution < -0.4 is 10.5 Å². The first kappa shape index (κ1) is 15.5. The third-order valence-corrected chi connectivity index (χ3v) is 4.32. The second-order valence-corrected chi connectivity index (χ2v) is 6.57. The lowest BCUT2D eigenvalue weighted by molar-refractivity contribution is 0.413. The Morgan fingerprint density at radius 3 is 2.86 bits per heavy atom. The van der Waals surface area contributed by atoms with Gasteiger partial charge in [-0.2, -0.15) is 5.10 Å². The van der Waals surface area contributed by atoms with E-state index in [4.69, 9.17) is 10.5 Å². The molecule has 0 fully saturated rings. The minimum Gasteiger partial charge on any atom is -0.497 e. The van der Waals surface area contributed by atoms with Gasteiger partial charge in [0.15, 0.2) is 0 Å². The summed E-state index contributed by atoms with van der Waals surface area (Å²) in [6, 6.07) is 5.15. The lowest BCUT2D eigenvalue weighted by Crippen LogP contribution is -2.12. The lowest BCUT2D eigenvalue weighted by atomic mass is 10.2. The van der Waals surface area contributed by atoms with Crippen molar-refractivity contribution in [2.45, 2.75) is 31.0 Å². The number of nitrogens with zero attached hydrogens (tertiary/aromatic N) is 3. The van der Waals surface area contributed by atoms with Gasteiger partial charge in [0, 0.05) is 12.2 Å². The lowest BCUT2D eigenvalue weighted by Gasteiger charge is -2.10. The topological polar surface area (TPSA) is 83.0 Å². The Hall–Kier alpha value is -1.89. The van der Waals surface area contributed by atoms with Crippen molar-refractivity contribution < 1.29 is 8.95 Å². The van der Waals surface area contributed by atoms with Gasteiger partial charge in [0.05, 0.1) is 28.6 Å². The van der Waals surface area contributed by atoms with Crippen molar-refractivity contribution in [1.29, 1.82) is 0 Å². The van der Waals surface area contributed by atoms with Crippen LogP contribution >= 0.6 is 0 Å². The highest BCUT2D eigenvalue weighted by atomic mass is 32.2. The third-order valence-electron chi connectivity index (χ3n) is 2.96. The number of benzene rings is 1. The second kappa shape index (κ2) is 6.71. The third kappa shape index (κ3) is 3.81. The molecule has 21 heavy (non-hydrogen) atoms. The first-order valence-electron chi connectivity index (χ1n) is 6.69. The van der Waals surface area contributed by atoms with Gasteiger partial charge < -0.3 is 10.5 Å². The molecule has 1 unspecified atom stereocenters. The van der Waals surface area contributed by atoms with Gasteiger partial charge >= 0.3 is 0 Å². The zero-order valence-electron chi connectivity index (χ0n) is 12.4. The molecule has 0 amide bonds. The van der Waals surface area contributed by atoms with Crippen LogP contribution in [0.4, 0.5) is 5.69 Å². The molecule has 2 aromatic rings. The number of methoxy groups -OCH3 is 1. The summed E-state index contributed by atoms with van der Waals surface area (Å²) in [5.74, 6) is 2.06. The van der Waals surface area contributed by atoms with E-state index >= 15 is 0 Å². The van der Waals surface area contributed by atoms with Crippen LogP contribution in [0.1, 0.15) is 19.7 Å². The molecule has 0 saturated carbocycles. The van der Waals surface area contributed by atoms with Crippen molar-refractivity contribution in [1.82, 2.24) is 14.8 Å². The average Bonchev–Trinajstić information content (AvgIpc) is 2.85. The van der Waals surface area contributed by atoms with Gasteiger partial charge in [0.1, 0.15) is 17.9 Å². The Kier molecular flexibility index (Phi) is 4.95. The molecule has 1 heterocycles. The molecule has 6 nitrogen and oxygen atoms in total. The van der Waals surface area contributed by atoms with Gasteiger partial charge in [0.2, 0.25) is 0 Å². The molecule has 1 atom stereocenters. The Morgan fingerprint density at radius 1 is 1.43 bits per heavy atom. The number of anilines is 1. The fourth-order valence-electron chi connectivity index (χ4n) is 1.93. The largest absolute Gasteiger partial charge is 0.497 e. The molecule has 1 aromatic carbocycles. The number of hydrogen-bond donors (Lipinski definition) is 1. The smallest absolute Gasteiger partial charge is 0.139 e. The number of nitrogens with two attached hydrogens (primary N) is 1. The molecule has 0 spiro atoms. The summed E-state index contributed by atoms with van der Waals surface area (Å²) in [5, 5.41) is 4.17. The molecule has 7 heteroatoms. The van der Waals surface area contributed by atoms with Gasteiger partial charge in [-0.15, -0.1) is 0 Å². The second-order valence-electron chi connectivity index (χ2n) is 5.15. The molecule has 2 N–H and O–H groups in total. The first-order valence-corrected chi connectivity index (χ1v) is 8.01. The van der Waals surface area contributed by atoms with Crippen LogP contribution in [0.2, 0.25) is 0 Å². The minimum atomic E-state index is -1.29. The average molecular weight is 308 g/mol. The molecule has 2 rings (SSSR count). The standard InChI is InChI=1S/C14H20N4O2S/c1-10(2)7-18-14(16-9-17-18)8-21(19)13-6-11(20-3)4-5-12(13)15/h4-6,9-10H,7-8,15H2,1-3H3. The molecule has 114 valence electrons. The summed E-state index contributed by atoms with van der Waals surface area (Å²) >= 11 is 0. The maximum absolute atomic E-state index is 12.5. The van der Waals surface area contributed by atoms with Crippen LogP contribution in [0.15, 0.2) is 29.4 Å². The monoisotopic (exact) mass is 308 g/mol. The maximum atomic E-state index is 12.5. The Morgan fingerprint density at radius 2 is 2.19 bits per heavy atom. The van der Waals surface area contributed by atoms with Crippen LogP contribution in [0.5, 0.6) is 5.75 Å². The van der Waals surface area contributed by atoms with E-state index in [0.717, 1.165) is 6.54 Å². The van der Waals surface area contributed by atoms with Crippen molar-refractivity contribution in [3.05, 3.63) is 30.4 Å². The number of hydrogen-bond acceptors (Lipinski definition) is 5. The quantitative estimate of drug-likeness (QED) is 0.823. The zero-order chi connectivity index (χ0) is 15.4. The minimum absolute atomic E-state index is 0.282. The summed E-state index contributed by atoms with van der Waals surface area (Å²) in [4.78, 5) is 4.76. The number of nitrogen functional groups attached to an aromatic ring is 1. The summed E-state index contributed by atoms with van der Waals surface area (Å²) < 4.78 is 19.5. The summed E-state index contributed by atoms with van der Waals surface area (Å²) in [5.41, 5.74) is 6.39. The van der Waals surface area contributed by atoms with E-state index in [0.29, 0.717) is 28.1 Å². The molecule has 0 radical (unpaired) electrons. The molecule has 0 aliphatic carbocycles. The van der Waals surface area contributed by atoms with Gasteiger partial charge in [0.25, 0.3) is 0 Å². The van der Waals surface area contributed by atoms with E-state index in [9.17, 15) is 4.21 Å². The number of rotatable bonds is 6. The van der Waals surface area contributed by atoms with Crippen LogP contribution in [0.3, 0.4) is 0 Å².